The maximum Gasteiger partial charge on any atom is 0.239 e. The normalized spacial score (nSPS) is 28.5. The largest absolute Gasteiger partial charge is 0.387 e. The molecule has 0 aromatic rings. The summed E-state index contributed by atoms with van der Waals surface area (Å²) in [5, 5.41) is 13.5. The smallest absolute Gasteiger partial charge is 0.239 e. The summed E-state index contributed by atoms with van der Waals surface area (Å²) in [4.78, 5) is 13.9. The molecule has 98 valence electrons. The Kier molecular flexibility index (Phi) is 4.00. The van der Waals surface area contributed by atoms with Gasteiger partial charge in [-0.05, 0) is 32.4 Å². The SMILES string of the molecule is CSCC(C)(O)CN1CCC(NC2CC2)C1=O. The molecule has 1 amide bonds. The van der Waals surface area contributed by atoms with Gasteiger partial charge in [0, 0.05) is 24.9 Å². The van der Waals surface area contributed by atoms with E-state index in [1.54, 1.807) is 23.6 Å². The van der Waals surface area contributed by atoms with E-state index >= 15 is 0 Å². The van der Waals surface area contributed by atoms with Crippen LogP contribution in [0.3, 0.4) is 0 Å². The maximum absolute atomic E-state index is 12.1. The van der Waals surface area contributed by atoms with E-state index in [9.17, 15) is 9.90 Å². The average molecular weight is 258 g/mol. The Morgan fingerprint density at radius 2 is 2.24 bits per heavy atom. The van der Waals surface area contributed by atoms with Gasteiger partial charge in [-0.2, -0.15) is 11.8 Å². The molecule has 4 nitrogen and oxygen atoms in total. The lowest BCUT2D eigenvalue weighted by atomic mass is 10.1. The van der Waals surface area contributed by atoms with E-state index in [0.29, 0.717) is 18.3 Å². The molecule has 2 atom stereocenters. The molecule has 1 saturated carbocycles. The molecule has 2 N–H and O–H groups in total. The number of nitrogens with zero attached hydrogens (tertiary/aromatic N) is 1. The summed E-state index contributed by atoms with van der Waals surface area (Å²) in [6.07, 6.45) is 5.25. The monoisotopic (exact) mass is 258 g/mol. The number of carbonyl (C=O) groups is 1. The van der Waals surface area contributed by atoms with Gasteiger partial charge in [0.05, 0.1) is 11.6 Å². The standard InChI is InChI=1S/C12H22N2O2S/c1-12(16,8-17-2)7-14-6-5-10(11(14)15)13-9-3-4-9/h9-10,13,16H,3-8H2,1-2H3. The van der Waals surface area contributed by atoms with Crippen LogP contribution in [-0.4, -0.2) is 58.7 Å². The van der Waals surface area contributed by atoms with Crippen molar-refractivity contribution in [3.8, 4) is 0 Å². The molecule has 2 fully saturated rings. The van der Waals surface area contributed by atoms with E-state index in [2.05, 4.69) is 5.32 Å². The van der Waals surface area contributed by atoms with Gasteiger partial charge in [-0.1, -0.05) is 0 Å². The van der Waals surface area contributed by atoms with Gasteiger partial charge in [-0.15, -0.1) is 0 Å². The highest BCUT2D eigenvalue weighted by Gasteiger charge is 2.37. The molecule has 0 aromatic carbocycles. The van der Waals surface area contributed by atoms with E-state index in [0.717, 1.165) is 13.0 Å². The Bertz CT molecular complexity index is 292. The van der Waals surface area contributed by atoms with Crippen molar-refractivity contribution in [3.63, 3.8) is 0 Å². The highest BCUT2D eigenvalue weighted by molar-refractivity contribution is 7.98. The van der Waals surface area contributed by atoms with Gasteiger partial charge in [-0.25, -0.2) is 0 Å². The number of rotatable bonds is 6. The number of nitrogens with one attached hydrogen (secondary N) is 1. The zero-order chi connectivity index (χ0) is 12.5. The van der Waals surface area contributed by atoms with Crippen molar-refractivity contribution < 1.29 is 9.90 Å². The van der Waals surface area contributed by atoms with Crippen molar-refractivity contribution in [1.29, 1.82) is 0 Å². The average Bonchev–Trinajstić information content (AvgIpc) is 2.99. The Balaban J connectivity index is 1.83. The summed E-state index contributed by atoms with van der Waals surface area (Å²) in [5.41, 5.74) is -0.774. The first kappa shape index (κ1) is 13.2. The second-order valence-corrected chi connectivity index (χ2v) is 6.34. The van der Waals surface area contributed by atoms with Crippen LogP contribution in [-0.2, 0) is 4.79 Å². The molecule has 2 unspecified atom stereocenters. The Morgan fingerprint density at radius 3 is 2.82 bits per heavy atom. The number of carbonyl (C=O) groups excluding carboxylic acids is 1. The highest BCUT2D eigenvalue weighted by atomic mass is 32.2. The maximum atomic E-state index is 12.1. The number of hydrogen-bond donors (Lipinski definition) is 2. The molecule has 1 aliphatic carbocycles. The van der Waals surface area contributed by atoms with Crippen LogP contribution in [0.5, 0.6) is 0 Å². The lowest BCUT2D eigenvalue weighted by Gasteiger charge is -2.28. The third-order valence-electron chi connectivity index (χ3n) is 3.30. The highest BCUT2D eigenvalue weighted by Crippen LogP contribution is 2.23. The third-order valence-corrected chi connectivity index (χ3v) is 4.21. The van der Waals surface area contributed by atoms with Crippen molar-refractivity contribution in [1.82, 2.24) is 10.2 Å². The zero-order valence-electron chi connectivity index (χ0n) is 10.6. The number of thioether (sulfide) groups is 1. The number of hydrogen-bond acceptors (Lipinski definition) is 4. The summed E-state index contributed by atoms with van der Waals surface area (Å²) in [7, 11) is 0. The van der Waals surface area contributed by atoms with Crippen LogP contribution >= 0.6 is 11.8 Å². The summed E-state index contributed by atoms with van der Waals surface area (Å²) < 4.78 is 0. The first-order valence-corrected chi connectivity index (χ1v) is 7.67. The van der Waals surface area contributed by atoms with Gasteiger partial charge < -0.3 is 15.3 Å². The first-order valence-electron chi connectivity index (χ1n) is 6.28. The minimum atomic E-state index is -0.774. The first-order chi connectivity index (χ1) is 8.02. The fraction of sp³-hybridized carbons (Fsp3) is 0.917. The third kappa shape index (κ3) is 3.60. The molecule has 2 rings (SSSR count). The molecule has 1 aliphatic heterocycles. The molecule has 1 heterocycles. The fourth-order valence-corrected chi connectivity index (χ4v) is 3.07. The summed E-state index contributed by atoms with van der Waals surface area (Å²) in [6, 6.07) is 0.559. The minimum absolute atomic E-state index is 0.00687. The molecule has 5 heteroatoms. The predicted molar refractivity (Wildman–Crippen MR) is 70.1 cm³/mol. The van der Waals surface area contributed by atoms with E-state index in [-0.39, 0.29) is 11.9 Å². The van der Waals surface area contributed by atoms with Crippen LogP contribution < -0.4 is 5.32 Å². The van der Waals surface area contributed by atoms with E-state index in [1.165, 1.54) is 12.8 Å². The summed E-state index contributed by atoms with van der Waals surface area (Å²) >= 11 is 1.61. The van der Waals surface area contributed by atoms with E-state index < -0.39 is 5.60 Å². The van der Waals surface area contributed by atoms with Gasteiger partial charge in [-0.3, -0.25) is 4.79 Å². The molecule has 17 heavy (non-hydrogen) atoms. The van der Waals surface area contributed by atoms with Crippen LogP contribution in [0, 0.1) is 0 Å². The minimum Gasteiger partial charge on any atom is -0.387 e. The molecule has 0 aromatic heterocycles. The Labute approximate surface area is 107 Å². The van der Waals surface area contributed by atoms with Gasteiger partial charge in [0.1, 0.15) is 0 Å². The van der Waals surface area contributed by atoms with E-state index in [1.807, 2.05) is 6.26 Å². The predicted octanol–water partition coefficient (Wildman–Crippen LogP) is 0.453. The summed E-state index contributed by atoms with van der Waals surface area (Å²) in [5.74, 6) is 0.829. The van der Waals surface area contributed by atoms with Crippen LogP contribution in [0.4, 0.5) is 0 Å². The number of amides is 1. The van der Waals surface area contributed by atoms with Crippen LogP contribution in [0.2, 0.25) is 0 Å². The van der Waals surface area contributed by atoms with Crippen molar-refractivity contribution in [2.24, 2.45) is 0 Å². The fourth-order valence-electron chi connectivity index (χ4n) is 2.35. The van der Waals surface area contributed by atoms with Gasteiger partial charge in [0.2, 0.25) is 5.91 Å². The molecule has 1 saturated heterocycles. The van der Waals surface area contributed by atoms with Crippen LogP contribution in [0.25, 0.3) is 0 Å². The van der Waals surface area contributed by atoms with Crippen molar-refractivity contribution in [2.75, 3.05) is 25.1 Å². The quantitative estimate of drug-likeness (QED) is 0.726. The summed E-state index contributed by atoms with van der Waals surface area (Å²) in [6.45, 7) is 3.03. The van der Waals surface area contributed by atoms with Gasteiger partial charge in [0.25, 0.3) is 0 Å². The second-order valence-electron chi connectivity index (χ2n) is 5.47. The van der Waals surface area contributed by atoms with Gasteiger partial charge in [0.15, 0.2) is 0 Å². The van der Waals surface area contributed by atoms with Crippen LogP contribution in [0.15, 0.2) is 0 Å². The zero-order valence-corrected chi connectivity index (χ0v) is 11.4. The Hall–Kier alpha value is -0.260. The van der Waals surface area contributed by atoms with Crippen molar-refractivity contribution in [2.45, 2.75) is 43.9 Å². The van der Waals surface area contributed by atoms with E-state index in [4.69, 9.17) is 0 Å². The van der Waals surface area contributed by atoms with Crippen molar-refractivity contribution >= 4 is 17.7 Å². The lowest BCUT2D eigenvalue weighted by Crippen LogP contribution is -2.46. The molecule has 0 bridgehead atoms. The molecular weight excluding hydrogens is 236 g/mol. The van der Waals surface area contributed by atoms with Crippen LogP contribution in [0.1, 0.15) is 26.2 Å². The molecule has 0 spiro atoms. The topological polar surface area (TPSA) is 52.6 Å². The molecular formula is C12H22N2O2S. The van der Waals surface area contributed by atoms with Crippen molar-refractivity contribution in [3.05, 3.63) is 0 Å². The lowest BCUT2D eigenvalue weighted by molar-refractivity contribution is -0.131. The number of likely N-dealkylation sites (tertiary alicyclic amines) is 1. The molecule has 0 radical (unpaired) electrons. The van der Waals surface area contributed by atoms with Gasteiger partial charge >= 0.3 is 0 Å². The second kappa shape index (κ2) is 5.16. The molecule has 2 aliphatic rings. The Morgan fingerprint density at radius 1 is 1.53 bits per heavy atom. The number of aliphatic hydroxyl groups is 1. The number of β-amino-alcohol motifs (C(OH)–C–C–N with tert-alkyl or cyclic N) is 1.